The molecule has 25 heavy (non-hydrogen) atoms. The number of benzene rings is 1. The zero-order valence-electron chi connectivity index (χ0n) is 14.7. The van der Waals surface area contributed by atoms with Gasteiger partial charge in [-0.15, -0.1) is 0 Å². The van der Waals surface area contributed by atoms with Crippen molar-refractivity contribution in [2.24, 2.45) is 0 Å². The molecule has 1 aliphatic carbocycles. The van der Waals surface area contributed by atoms with Crippen LogP contribution in [0.2, 0.25) is 0 Å². The predicted molar refractivity (Wildman–Crippen MR) is 98.5 cm³/mol. The van der Waals surface area contributed by atoms with Crippen LogP contribution in [0.15, 0.2) is 30.3 Å². The summed E-state index contributed by atoms with van der Waals surface area (Å²) in [7, 11) is 0. The number of anilines is 1. The van der Waals surface area contributed by atoms with E-state index in [0.717, 1.165) is 37.9 Å². The lowest BCUT2D eigenvalue weighted by molar-refractivity contribution is -0.133. The van der Waals surface area contributed by atoms with Crippen molar-refractivity contribution in [3.63, 3.8) is 0 Å². The van der Waals surface area contributed by atoms with Crippen LogP contribution in [0.4, 0.5) is 10.5 Å². The average Bonchev–Trinajstić information content (AvgIpc) is 3.17. The summed E-state index contributed by atoms with van der Waals surface area (Å²) in [4.78, 5) is 28.6. The molecule has 136 valence electrons. The van der Waals surface area contributed by atoms with E-state index in [1.807, 2.05) is 35.2 Å². The first-order chi connectivity index (χ1) is 12.2. The van der Waals surface area contributed by atoms with Crippen molar-refractivity contribution in [3.8, 4) is 0 Å². The van der Waals surface area contributed by atoms with E-state index in [0.29, 0.717) is 13.0 Å². The molecule has 2 aliphatic rings. The van der Waals surface area contributed by atoms with Crippen molar-refractivity contribution in [3.05, 3.63) is 30.3 Å². The molecule has 6 nitrogen and oxygen atoms in total. The van der Waals surface area contributed by atoms with E-state index in [1.165, 1.54) is 25.7 Å². The number of nitrogens with zero attached hydrogens (tertiary/aromatic N) is 2. The van der Waals surface area contributed by atoms with Crippen molar-refractivity contribution >= 4 is 17.6 Å². The fourth-order valence-electron chi connectivity index (χ4n) is 3.74. The molecule has 0 atom stereocenters. The molecular weight excluding hydrogens is 316 g/mol. The topological polar surface area (TPSA) is 64.7 Å². The second-order valence-electron chi connectivity index (χ2n) is 6.85. The number of hydrogen-bond donors (Lipinski definition) is 2. The zero-order chi connectivity index (χ0) is 17.5. The molecule has 2 fully saturated rings. The third-order valence-corrected chi connectivity index (χ3v) is 5.16. The lowest BCUT2D eigenvalue weighted by atomic mass is 10.1. The second kappa shape index (κ2) is 8.85. The van der Waals surface area contributed by atoms with Crippen molar-refractivity contribution in [2.45, 2.75) is 38.1 Å². The van der Waals surface area contributed by atoms with Gasteiger partial charge in [-0.25, -0.2) is 4.79 Å². The Morgan fingerprint density at radius 1 is 1.00 bits per heavy atom. The molecule has 0 spiro atoms. The molecule has 0 unspecified atom stereocenters. The SMILES string of the molecule is O=C(NCCC(=O)N1CCN(C2CCCC2)CC1)Nc1ccccc1. The van der Waals surface area contributed by atoms with Gasteiger partial charge in [0.05, 0.1) is 0 Å². The van der Waals surface area contributed by atoms with Crippen LogP contribution in [0.1, 0.15) is 32.1 Å². The highest BCUT2D eigenvalue weighted by molar-refractivity contribution is 5.89. The molecule has 3 amide bonds. The number of nitrogens with one attached hydrogen (secondary N) is 2. The monoisotopic (exact) mass is 344 g/mol. The van der Waals surface area contributed by atoms with E-state index in [4.69, 9.17) is 0 Å². The summed E-state index contributed by atoms with van der Waals surface area (Å²) in [6.07, 6.45) is 5.68. The molecule has 1 aromatic carbocycles. The van der Waals surface area contributed by atoms with Gasteiger partial charge in [-0.05, 0) is 25.0 Å². The van der Waals surface area contributed by atoms with Crippen LogP contribution < -0.4 is 10.6 Å². The van der Waals surface area contributed by atoms with Gasteiger partial charge >= 0.3 is 6.03 Å². The Labute approximate surface area is 149 Å². The molecule has 1 heterocycles. The number of piperazine rings is 1. The van der Waals surface area contributed by atoms with Gasteiger partial charge in [0.2, 0.25) is 5.91 Å². The van der Waals surface area contributed by atoms with Crippen molar-refractivity contribution in [1.82, 2.24) is 15.1 Å². The number of urea groups is 1. The maximum Gasteiger partial charge on any atom is 0.319 e. The summed E-state index contributed by atoms with van der Waals surface area (Å²) in [6, 6.07) is 9.75. The van der Waals surface area contributed by atoms with Gasteiger partial charge in [0, 0.05) is 50.9 Å². The van der Waals surface area contributed by atoms with Crippen LogP contribution in [-0.2, 0) is 4.79 Å². The average molecular weight is 344 g/mol. The van der Waals surface area contributed by atoms with Crippen LogP contribution in [0.5, 0.6) is 0 Å². The van der Waals surface area contributed by atoms with E-state index < -0.39 is 0 Å². The largest absolute Gasteiger partial charge is 0.340 e. The maximum atomic E-state index is 12.3. The predicted octanol–water partition coefficient (Wildman–Crippen LogP) is 2.28. The minimum Gasteiger partial charge on any atom is -0.340 e. The number of carbonyl (C=O) groups excluding carboxylic acids is 2. The summed E-state index contributed by atoms with van der Waals surface area (Å²) in [5.41, 5.74) is 0.745. The number of hydrogen-bond acceptors (Lipinski definition) is 3. The zero-order valence-corrected chi connectivity index (χ0v) is 14.7. The van der Waals surface area contributed by atoms with Crippen LogP contribution in [0.3, 0.4) is 0 Å². The molecule has 1 saturated carbocycles. The number of carbonyl (C=O) groups is 2. The lowest BCUT2D eigenvalue weighted by Gasteiger charge is -2.38. The first-order valence-corrected chi connectivity index (χ1v) is 9.34. The standard InChI is InChI=1S/C19H28N4O2/c24-18(10-11-20-19(25)21-16-6-2-1-3-7-16)23-14-12-22(13-15-23)17-8-4-5-9-17/h1-3,6-7,17H,4-5,8-15H2,(H2,20,21,25). The minimum atomic E-state index is -0.273. The first kappa shape index (κ1) is 17.7. The van der Waals surface area contributed by atoms with Crippen LogP contribution in [0.25, 0.3) is 0 Å². The molecule has 0 aromatic heterocycles. The van der Waals surface area contributed by atoms with E-state index in [9.17, 15) is 9.59 Å². The highest BCUT2D eigenvalue weighted by Crippen LogP contribution is 2.24. The summed E-state index contributed by atoms with van der Waals surface area (Å²) in [6.45, 7) is 3.95. The molecule has 0 radical (unpaired) electrons. The van der Waals surface area contributed by atoms with Gasteiger partial charge in [0.25, 0.3) is 0 Å². The fourth-order valence-corrected chi connectivity index (χ4v) is 3.74. The summed E-state index contributed by atoms with van der Waals surface area (Å²) in [5.74, 6) is 0.131. The Kier molecular flexibility index (Phi) is 6.28. The molecular formula is C19H28N4O2. The Hall–Kier alpha value is -2.08. The van der Waals surface area contributed by atoms with E-state index >= 15 is 0 Å². The summed E-state index contributed by atoms with van der Waals surface area (Å²) < 4.78 is 0. The van der Waals surface area contributed by atoms with Gasteiger partial charge in [-0.2, -0.15) is 0 Å². The van der Waals surface area contributed by atoms with Gasteiger partial charge in [-0.3, -0.25) is 9.69 Å². The third-order valence-electron chi connectivity index (χ3n) is 5.16. The van der Waals surface area contributed by atoms with Gasteiger partial charge in [-0.1, -0.05) is 31.0 Å². The van der Waals surface area contributed by atoms with E-state index in [1.54, 1.807) is 0 Å². The van der Waals surface area contributed by atoms with Crippen LogP contribution in [0, 0.1) is 0 Å². The lowest BCUT2D eigenvalue weighted by Crippen LogP contribution is -2.51. The summed E-state index contributed by atoms with van der Waals surface area (Å²) >= 11 is 0. The van der Waals surface area contributed by atoms with Gasteiger partial charge < -0.3 is 15.5 Å². The molecule has 1 aliphatic heterocycles. The van der Waals surface area contributed by atoms with Crippen molar-refractivity contribution < 1.29 is 9.59 Å². The van der Waals surface area contributed by atoms with Crippen LogP contribution >= 0.6 is 0 Å². The van der Waals surface area contributed by atoms with Crippen LogP contribution in [-0.4, -0.2) is 60.5 Å². The van der Waals surface area contributed by atoms with Gasteiger partial charge in [0.15, 0.2) is 0 Å². The molecule has 3 rings (SSSR count). The smallest absolute Gasteiger partial charge is 0.319 e. The molecule has 0 bridgehead atoms. The quantitative estimate of drug-likeness (QED) is 0.861. The molecule has 1 aromatic rings. The first-order valence-electron chi connectivity index (χ1n) is 9.34. The third kappa shape index (κ3) is 5.19. The fraction of sp³-hybridized carbons (Fsp3) is 0.579. The highest BCUT2D eigenvalue weighted by atomic mass is 16.2. The van der Waals surface area contributed by atoms with E-state index in [-0.39, 0.29) is 11.9 Å². The highest BCUT2D eigenvalue weighted by Gasteiger charge is 2.27. The second-order valence-corrected chi connectivity index (χ2v) is 6.85. The Balaban J connectivity index is 1.32. The molecule has 1 saturated heterocycles. The molecule has 2 N–H and O–H groups in total. The Bertz CT molecular complexity index is 564. The number of amides is 3. The summed E-state index contributed by atoms with van der Waals surface area (Å²) in [5, 5.41) is 5.50. The number of para-hydroxylation sites is 1. The van der Waals surface area contributed by atoms with E-state index in [2.05, 4.69) is 15.5 Å². The molecule has 6 heteroatoms. The Morgan fingerprint density at radius 3 is 2.36 bits per heavy atom. The van der Waals surface area contributed by atoms with Gasteiger partial charge in [0.1, 0.15) is 0 Å². The van der Waals surface area contributed by atoms with Crippen molar-refractivity contribution in [2.75, 3.05) is 38.0 Å². The van der Waals surface area contributed by atoms with Crippen molar-refractivity contribution in [1.29, 1.82) is 0 Å². The Morgan fingerprint density at radius 2 is 1.68 bits per heavy atom. The number of rotatable bonds is 5. The normalized spacial score (nSPS) is 19.0. The minimum absolute atomic E-state index is 0.131. The maximum absolute atomic E-state index is 12.3.